The number of nitro benzene ring substituents is 1. The third kappa shape index (κ3) is 9.24. The van der Waals surface area contributed by atoms with Gasteiger partial charge in [0.05, 0.1) is 17.2 Å². The molecule has 0 spiro atoms. The summed E-state index contributed by atoms with van der Waals surface area (Å²) >= 11 is 1.29. The van der Waals surface area contributed by atoms with Gasteiger partial charge >= 0.3 is 0 Å². The van der Waals surface area contributed by atoms with E-state index in [4.69, 9.17) is 4.74 Å². The average Bonchev–Trinajstić information content (AvgIpc) is 3.13. The van der Waals surface area contributed by atoms with Gasteiger partial charge in [0.15, 0.2) is 0 Å². The Morgan fingerprint density at radius 2 is 1.50 bits per heavy atom. The van der Waals surface area contributed by atoms with Crippen LogP contribution >= 0.6 is 11.8 Å². The van der Waals surface area contributed by atoms with Crippen molar-refractivity contribution in [3.63, 3.8) is 0 Å². The van der Waals surface area contributed by atoms with Crippen LogP contribution in [-0.2, 0) is 9.59 Å². The number of aryl methyl sites for hydroxylation is 1. The highest BCUT2D eigenvalue weighted by atomic mass is 32.2. The second-order valence-electron chi connectivity index (χ2n) is 11.0. The second-order valence-corrected chi connectivity index (χ2v) is 12.2. The first-order valence-electron chi connectivity index (χ1n) is 15.7. The number of non-ortho nitro benzene ring substituents is 1. The molecular formula is C39H34N4O6S. The summed E-state index contributed by atoms with van der Waals surface area (Å²) in [6, 6.07) is 36.3. The minimum absolute atomic E-state index is 0.0155. The summed E-state index contributed by atoms with van der Waals surface area (Å²) in [5.74, 6) is -0.778. The minimum Gasteiger partial charge on any atom is -0.493 e. The van der Waals surface area contributed by atoms with Crippen molar-refractivity contribution in [3.05, 3.63) is 165 Å². The topological polar surface area (TPSA) is 140 Å². The van der Waals surface area contributed by atoms with Crippen LogP contribution < -0.4 is 20.7 Å². The zero-order valence-corrected chi connectivity index (χ0v) is 28.1. The van der Waals surface area contributed by atoms with Crippen LogP contribution in [0.15, 0.2) is 138 Å². The molecule has 50 heavy (non-hydrogen) atoms. The molecule has 5 aromatic carbocycles. The van der Waals surface area contributed by atoms with Crippen molar-refractivity contribution >= 4 is 52.6 Å². The largest absolute Gasteiger partial charge is 0.493 e. The number of carbonyl (C=O) groups is 3. The summed E-state index contributed by atoms with van der Waals surface area (Å²) < 4.78 is 5.73. The van der Waals surface area contributed by atoms with Crippen molar-refractivity contribution in [1.29, 1.82) is 0 Å². The number of ether oxygens (including phenoxy) is 1. The van der Waals surface area contributed by atoms with E-state index >= 15 is 0 Å². The molecule has 0 fully saturated rings. The first-order chi connectivity index (χ1) is 24.2. The van der Waals surface area contributed by atoms with Gasteiger partial charge in [-0.15, -0.1) is 11.8 Å². The summed E-state index contributed by atoms with van der Waals surface area (Å²) in [4.78, 5) is 51.9. The van der Waals surface area contributed by atoms with Gasteiger partial charge in [0, 0.05) is 33.8 Å². The molecule has 0 bridgehead atoms. The Balaban J connectivity index is 1.36. The van der Waals surface area contributed by atoms with Crippen molar-refractivity contribution < 1.29 is 24.0 Å². The number of amides is 3. The van der Waals surface area contributed by atoms with Gasteiger partial charge in [-0.05, 0) is 73.5 Å². The van der Waals surface area contributed by atoms with Crippen LogP contribution in [0.2, 0.25) is 0 Å². The fourth-order valence-corrected chi connectivity index (χ4v) is 5.92. The zero-order valence-electron chi connectivity index (χ0n) is 27.3. The number of hydrogen-bond acceptors (Lipinski definition) is 7. The monoisotopic (exact) mass is 686 g/mol. The van der Waals surface area contributed by atoms with Gasteiger partial charge in [-0.2, -0.15) is 0 Å². The molecule has 11 heteroatoms. The highest BCUT2D eigenvalue weighted by Crippen LogP contribution is 2.37. The summed E-state index contributed by atoms with van der Waals surface area (Å²) in [6.07, 6.45) is 1.57. The van der Waals surface area contributed by atoms with E-state index in [9.17, 15) is 24.5 Å². The van der Waals surface area contributed by atoms with Gasteiger partial charge in [-0.1, -0.05) is 72.8 Å². The van der Waals surface area contributed by atoms with E-state index < -0.39 is 22.0 Å². The van der Waals surface area contributed by atoms with E-state index in [-0.39, 0.29) is 17.3 Å². The molecule has 1 unspecified atom stereocenters. The fraction of sp³-hybridized carbons (Fsp3) is 0.103. The zero-order chi connectivity index (χ0) is 35.5. The van der Waals surface area contributed by atoms with Gasteiger partial charge < -0.3 is 20.7 Å². The second kappa shape index (κ2) is 16.8. The van der Waals surface area contributed by atoms with Crippen molar-refractivity contribution in [2.75, 3.05) is 17.2 Å². The maximum Gasteiger partial charge on any atom is 0.272 e. The molecule has 3 N–H and O–H groups in total. The molecule has 3 amide bonds. The number of anilines is 2. The average molecular weight is 687 g/mol. The minimum atomic E-state index is -0.691. The van der Waals surface area contributed by atoms with Gasteiger partial charge in [-0.3, -0.25) is 24.5 Å². The number of nitrogens with zero attached hydrogens (tertiary/aromatic N) is 1. The van der Waals surface area contributed by atoms with E-state index in [1.807, 2.05) is 49.4 Å². The molecule has 0 saturated heterocycles. The van der Waals surface area contributed by atoms with Crippen LogP contribution in [0, 0.1) is 17.0 Å². The highest BCUT2D eigenvalue weighted by Gasteiger charge is 2.24. The normalized spacial score (nSPS) is 11.6. The van der Waals surface area contributed by atoms with Gasteiger partial charge in [-0.25, -0.2) is 0 Å². The maximum absolute atomic E-state index is 13.6. The quantitative estimate of drug-likeness (QED) is 0.0491. The number of nitro groups is 1. The molecule has 0 aliphatic heterocycles. The molecule has 5 aromatic rings. The maximum atomic E-state index is 13.6. The van der Waals surface area contributed by atoms with E-state index in [2.05, 4.69) is 16.0 Å². The molecule has 0 heterocycles. The number of para-hydroxylation sites is 1. The summed E-state index contributed by atoms with van der Waals surface area (Å²) in [5, 5.41) is 19.1. The lowest BCUT2D eigenvalue weighted by Crippen LogP contribution is -2.30. The predicted molar refractivity (Wildman–Crippen MR) is 196 cm³/mol. The van der Waals surface area contributed by atoms with Gasteiger partial charge in [0.25, 0.3) is 17.5 Å². The Hall–Kier alpha value is -6.20. The first kappa shape index (κ1) is 35.1. The van der Waals surface area contributed by atoms with Crippen LogP contribution in [0.1, 0.15) is 39.2 Å². The molecule has 0 radical (unpaired) electrons. The number of thioether (sulfide) groups is 1. The van der Waals surface area contributed by atoms with Crippen LogP contribution in [0.3, 0.4) is 0 Å². The van der Waals surface area contributed by atoms with Crippen molar-refractivity contribution in [3.8, 4) is 5.75 Å². The summed E-state index contributed by atoms with van der Waals surface area (Å²) in [7, 11) is 0. The Morgan fingerprint density at radius 3 is 2.18 bits per heavy atom. The molecule has 0 aliphatic rings. The number of carbonyl (C=O) groups excluding carboxylic acids is 3. The van der Waals surface area contributed by atoms with E-state index in [1.54, 1.807) is 85.8 Å². The lowest BCUT2D eigenvalue weighted by molar-refractivity contribution is -0.384. The van der Waals surface area contributed by atoms with Crippen molar-refractivity contribution in [1.82, 2.24) is 5.32 Å². The fourth-order valence-electron chi connectivity index (χ4n) is 4.89. The molecule has 10 nitrogen and oxygen atoms in total. The number of rotatable bonds is 13. The number of nitrogens with one attached hydrogen (secondary N) is 3. The third-order valence-corrected chi connectivity index (χ3v) is 8.71. The highest BCUT2D eigenvalue weighted by molar-refractivity contribution is 8.00. The Labute approximate surface area is 293 Å². The molecule has 5 rings (SSSR count). The van der Waals surface area contributed by atoms with Gasteiger partial charge in [0.2, 0.25) is 5.91 Å². The van der Waals surface area contributed by atoms with Crippen LogP contribution in [0.5, 0.6) is 5.75 Å². The smallest absolute Gasteiger partial charge is 0.272 e. The molecule has 0 aliphatic carbocycles. The lowest BCUT2D eigenvalue weighted by Gasteiger charge is -2.18. The third-order valence-electron chi connectivity index (χ3n) is 7.44. The standard InChI is InChI=1S/C39H34N4O6S/c1-3-49-35-17-11-10-16-29(35)24-34(42-37(44)28-14-8-5-9-15-28)38(45)40-30-19-22-32(23-20-30)50-36(27-12-6-4-7-13-27)39(46)41-33-25-31(43(47)48)21-18-26(33)2/h4-25,36H,3H2,1-2H3,(H,40,45)(H,41,46)(H,42,44)/b34-24-. The van der Waals surface area contributed by atoms with Crippen LogP contribution in [0.25, 0.3) is 6.08 Å². The number of hydrogen-bond donors (Lipinski definition) is 3. The Kier molecular flexibility index (Phi) is 11.8. The lowest BCUT2D eigenvalue weighted by atomic mass is 10.1. The van der Waals surface area contributed by atoms with Gasteiger partial charge in [0.1, 0.15) is 16.7 Å². The SMILES string of the molecule is CCOc1ccccc1/C=C(\NC(=O)c1ccccc1)C(=O)Nc1ccc(SC(C(=O)Nc2cc([N+](=O)[O-])ccc2C)c2ccccc2)cc1. The van der Waals surface area contributed by atoms with Crippen molar-refractivity contribution in [2.24, 2.45) is 0 Å². The van der Waals surface area contributed by atoms with Crippen LogP contribution in [-0.4, -0.2) is 29.3 Å². The Bertz CT molecular complexity index is 2020. The summed E-state index contributed by atoms with van der Waals surface area (Å²) in [6.45, 7) is 4.05. The number of benzene rings is 5. The van der Waals surface area contributed by atoms with E-state index in [0.29, 0.717) is 40.4 Å². The Morgan fingerprint density at radius 1 is 0.840 bits per heavy atom. The van der Waals surface area contributed by atoms with E-state index in [0.717, 1.165) is 10.5 Å². The predicted octanol–water partition coefficient (Wildman–Crippen LogP) is 8.18. The van der Waals surface area contributed by atoms with Crippen molar-refractivity contribution in [2.45, 2.75) is 24.0 Å². The first-order valence-corrected chi connectivity index (χ1v) is 16.6. The molecule has 1 atom stereocenters. The van der Waals surface area contributed by atoms with Crippen LogP contribution in [0.4, 0.5) is 17.1 Å². The van der Waals surface area contributed by atoms with E-state index in [1.165, 1.54) is 23.9 Å². The molecule has 252 valence electrons. The molecule has 0 aromatic heterocycles. The summed E-state index contributed by atoms with van der Waals surface area (Å²) in [5.41, 5.74) is 3.15. The molecular weight excluding hydrogens is 653 g/mol. The molecule has 0 saturated carbocycles.